The fraction of sp³-hybridized carbons (Fsp3) is 0.843. The lowest BCUT2D eigenvalue weighted by molar-refractivity contribution is -0.150. The van der Waals surface area contributed by atoms with Crippen LogP contribution in [0.15, 0.2) is 12.2 Å². The SMILES string of the molecule is CCCCCCCC/C=C\CCCCCCCC(=O)OC[C@@H](CC)COC(=O)CCC(=O)NCCSSCCNC(=O)CNCCN(CCNC(=O)C(N)CCCCN)CCNC(=O)C(N)CCCCN. The molecule has 414 valence electrons. The first-order valence-electron chi connectivity index (χ1n) is 27.1. The van der Waals surface area contributed by atoms with Gasteiger partial charge in [0.05, 0.1) is 38.3 Å². The first-order valence-corrected chi connectivity index (χ1v) is 29.6. The van der Waals surface area contributed by atoms with E-state index in [0.717, 1.165) is 51.4 Å². The van der Waals surface area contributed by atoms with Gasteiger partial charge in [-0.1, -0.05) is 112 Å². The maximum atomic E-state index is 12.4. The van der Waals surface area contributed by atoms with Crippen LogP contribution in [-0.4, -0.2) is 149 Å². The van der Waals surface area contributed by atoms with Gasteiger partial charge < -0.3 is 59.0 Å². The summed E-state index contributed by atoms with van der Waals surface area (Å²) in [5.41, 5.74) is 23.1. The molecule has 0 aromatic heterocycles. The summed E-state index contributed by atoms with van der Waals surface area (Å²) in [5, 5.41) is 14.7. The highest BCUT2D eigenvalue weighted by Gasteiger charge is 2.17. The normalized spacial score (nSPS) is 12.7. The number of hydrogen-bond donors (Lipinski definition) is 9. The molecule has 0 heterocycles. The Balaban J connectivity index is 4.11. The second kappa shape index (κ2) is 50.5. The number of nitrogens with zero attached hydrogens (tertiary/aromatic N) is 1. The van der Waals surface area contributed by atoms with E-state index in [-0.39, 0.29) is 68.1 Å². The van der Waals surface area contributed by atoms with Gasteiger partial charge in [0, 0.05) is 82.6 Å². The van der Waals surface area contributed by atoms with Crippen LogP contribution in [0.1, 0.15) is 162 Å². The van der Waals surface area contributed by atoms with Gasteiger partial charge in [0.1, 0.15) is 0 Å². The number of unbranched alkanes of at least 4 members (excludes halogenated alkanes) is 13. The van der Waals surface area contributed by atoms with Crippen molar-refractivity contribution < 1.29 is 38.2 Å². The van der Waals surface area contributed by atoms with Gasteiger partial charge in [-0.15, -0.1) is 0 Å². The van der Waals surface area contributed by atoms with Gasteiger partial charge >= 0.3 is 11.9 Å². The second-order valence-electron chi connectivity index (χ2n) is 18.2. The van der Waals surface area contributed by atoms with Crippen molar-refractivity contribution >= 4 is 57.2 Å². The van der Waals surface area contributed by atoms with Crippen LogP contribution in [0.3, 0.4) is 0 Å². The maximum absolute atomic E-state index is 12.4. The molecule has 0 bridgehead atoms. The maximum Gasteiger partial charge on any atom is 0.306 e. The Morgan fingerprint density at radius 3 is 1.54 bits per heavy atom. The van der Waals surface area contributed by atoms with Gasteiger partial charge in [-0.2, -0.15) is 0 Å². The van der Waals surface area contributed by atoms with Gasteiger partial charge in [0.25, 0.3) is 0 Å². The third-order valence-electron chi connectivity index (χ3n) is 11.8. The quantitative estimate of drug-likeness (QED) is 0.0175. The van der Waals surface area contributed by atoms with E-state index in [2.05, 4.69) is 50.6 Å². The molecule has 0 aliphatic heterocycles. The van der Waals surface area contributed by atoms with Crippen LogP contribution in [0, 0.1) is 5.92 Å². The number of allylic oxidation sites excluding steroid dienone is 2. The third-order valence-corrected chi connectivity index (χ3v) is 14.2. The van der Waals surface area contributed by atoms with Crippen molar-refractivity contribution in [2.45, 2.75) is 174 Å². The zero-order valence-electron chi connectivity index (χ0n) is 44.1. The van der Waals surface area contributed by atoms with E-state index in [0.29, 0.717) is 103 Å². The van der Waals surface area contributed by atoms with E-state index in [9.17, 15) is 28.8 Å². The van der Waals surface area contributed by atoms with Crippen LogP contribution < -0.4 is 49.5 Å². The minimum absolute atomic E-state index is 0.0240. The Hall–Kier alpha value is -2.98. The van der Waals surface area contributed by atoms with Crippen molar-refractivity contribution in [2.75, 3.05) is 96.7 Å². The minimum Gasteiger partial charge on any atom is -0.465 e. The van der Waals surface area contributed by atoms with Crippen LogP contribution in [0.4, 0.5) is 0 Å². The van der Waals surface area contributed by atoms with Gasteiger partial charge in [-0.05, 0) is 77.3 Å². The number of nitrogens with one attached hydrogen (secondary N) is 5. The van der Waals surface area contributed by atoms with Crippen molar-refractivity contribution in [3.05, 3.63) is 12.2 Å². The fourth-order valence-corrected chi connectivity index (χ4v) is 8.94. The molecule has 0 aromatic rings. The summed E-state index contributed by atoms with van der Waals surface area (Å²) in [4.78, 5) is 76.3. The highest BCUT2D eigenvalue weighted by atomic mass is 33.1. The zero-order valence-corrected chi connectivity index (χ0v) is 45.7. The first kappa shape index (κ1) is 68.0. The lowest BCUT2D eigenvalue weighted by atomic mass is 10.1. The second-order valence-corrected chi connectivity index (χ2v) is 20.9. The molecular formula is C51H100N10O8S2. The molecule has 0 fully saturated rings. The van der Waals surface area contributed by atoms with Crippen LogP contribution in [0.5, 0.6) is 0 Å². The molecule has 13 N–H and O–H groups in total. The molecule has 0 aromatic carbocycles. The molecule has 0 radical (unpaired) electrons. The molecule has 4 amide bonds. The van der Waals surface area contributed by atoms with E-state index in [1.807, 2.05) is 6.92 Å². The number of esters is 2. The van der Waals surface area contributed by atoms with Crippen LogP contribution in [0.2, 0.25) is 0 Å². The molecular weight excluding hydrogens is 945 g/mol. The summed E-state index contributed by atoms with van der Waals surface area (Å²) < 4.78 is 10.8. The number of hydrogen-bond acceptors (Lipinski definition) is 16. The molecule has 3 atom stereocenters. The number of rotatable bonds is 51. The standard InChI is InChI=1S/C51H100N10O8S2/c1-3-5-6-7-8-9-10-11-12-13-14-15-16-17-18-25-48(64)68-41-43(4-2)42-69-49(65)27-26-46(62)57-33-38-70-71-39-34-58-47(63)40-56-30-35-61(36-31-59-50(66)44(54)23-19-21-28-52)37-32-60-51(67)45(55)24-20-22-29-53/h11-12,43-45,56H,3-10,13-42,52-55H2,1-2H3,(H,57,62)(H,58,63)(H,59,66)(H,60,67)/b12-11-/t43-,44?,45?/m1/s1. The van der Waals surface area contributed by atoms with Crippen molar-refractivity contribution in [2.24, 2.45) is 28.9 Å². The predicted molar refractivity (Wildman–Crippen MR) is 292 cm³/mol. The third kappa shape index (κ3) is 45.4. The monoisotopic (exact) mass is 1040 g/mol. The molecule has 0 rings (SSSR count). The number of amides is 4. The molecule has 2 unspecified atom stereocenters. The average molecular weight is 1050 g/mol. The topological polar surface area (TPSA) is 288 Å². The number of carbonyl (C=O) groups excluding carboxylic acids is 6. The molecule has 0 aliphatic rings. The molecule has 0 saturated carbocycles. The Kier molecular flexibility index (Phi) is 48.4. The molecule has 0 saturated heterocycles. The van der Waals surface area contributed by atoms with Gasteiger partial charge in [-0.3, -0.25) is 33.7 Å². The fourth-order valence-electron chi connectivity index (χ4n) is 7.13. The van der Waals surface area contributed by atoms with Crippen molar-refractivity contribution in [1.29, 1.82) is 0 Å². The minimum atomic E-state index is -0.591. The van der Waals surface area contributed by atoms with Crippen LogP contribution >= 0.6 is 21.6 Å². The Labute approximate surface area is 436 Å². The van der Waals surface area contributed by atoms with E-state index >= 15 is 0 Å². The van der Waals surface area contributed by atoms with Gasteiger partial charge in [0.15, 0.2) is 0 Å². The smallest absolute Gasteiger partial charge is 0.306 e. The van der Waals surface area contributed by atoms with Crippen LogP contribution in [0.25, 0.3) is 0 Å². The summed E-state index contributed by atoms with van der Waals surface area (Å²) in [6.07, 6.45) is 25.8. The summed E-state index contributed by atoms with van der Waals surface area (Å²) in [7, 11) is 3.17. The van der Waals surface area contributed by atoms with Crippen molar-refractivity contribution in [1.82, 2.24) is 31.5 Å². The highest BCUT2D eigenvalue weighted by molar-refractivity contribution is 8.76. The van der Waals surface area contributed by atoms with E-state index < -0.39 is 18.1 Å². The van der Waals surface area contributed by atoms with Gasteiger partial charge in [-0.25, -0.2) is 0 Å². The Morgan fingerprint density at radius 2 is 1.01 bits per heavy atom. The highest BCUT2D eigenvalue weighted by Crippen LogP contribution is 2.19. The number of ether oxygens (including phenoxy) is 2. The lowest BCUT2D eigenvalue weighted by Gasteiger charge is -2.24. The number of nitrogens with two attached hydrogens (primary N) is 4. The molecule has 0 aliphatic carbocycles. The zero-order chi connectivity index (χ0) is 52.4. The summed E-state index contributed by atoms with van der Waals surface area (Å²) in [6.45, 7) is 9.69. The van der Waals surface area contributed by atoms with E-state index in [1.165, 1.54) is 57.8 Å². The summed E-state index contributed by atoms with van der Waals surface area (Å²) in [6, 6.07) is -1.18. The van der Waals surface area contributed by atoms with Gasteiger partial charge in [0.2, 0.25) is 23.6 Å². The molecule has 20 heteroatoms. The number of carbonyl (C=O) groups is 6. The summed E-state index contributed by atoms with van der Waals surface area (Å²) in [5.74, 6) is -0.185. The van der Waals surface area contributed by atoms with E-state index in [1.54, 1.807) is 21.6 Å². The molecule has 18 nitrogen and oxygen atoms in total. The van der Waals surface area contributed by atoms with Crippen LogP contribution in [-0.2, 0) is 38.2 Å². The predicted octanol–water partition coefficient (Wildman–Crippen LogP) is 4.57. The van der Waals surface area contributed by atoms with Crippen molar-refractivity contribution in [3.63, 3.8) is 0 Å². The lowest BCUT2D eigenvalue weighted by Crippen LogP contribution is -2.47. The average Bonchev–Trinajstić information content (AvgIpc) is 3.36. The molecule has 0 spiro atoms. The Morgan fingerprint density at radius 1 is 0.535 bits per heavy atom. The largest absolute Gasteiger partial charge is 0.465 e. The first-order chi connectivity index (χ1) is 34.5. The summed E-state index contributed by atoms with van der Waals surface area (Å²) >= 11 is 0. The Bertz CT molecular complexity index is 1350. The molecule has 71 heavy (non-hydrogen) atoms. The van der Waals surface area contributed by atoms with E-state index in [4.69, 9.17) is 32.4 Å². The van der Waals surface area contributed by atoms with Crippen molar-refractivity contribution in [3.8, 4) is 0 Å².